The highest BCUT2D eigenvalue weighted by molar-refractivity contribution is 5.63. The van der Waals surface area contributed by atoms with Gasteiger partial charge < -0.3 is 15.6 Å². The molecule has 0 spiro atoms. The van der Waals surface area contributed by atoms with Crippen molar-refractivity contribution in [3.8, 4) is 0 Å². The molecule has 0 saturated carbocycles. The van der Waals surface area contributed by atoms with Crippen LogP contribution in [0.25, 0.3) is 0 Å². The maximum absolute atomic E-state index is 10.9. The zero-order valence-electron chi connectivity index (χ0n) is 10.4. The Morgan fingerprint density at radius 2 is 1.80 bits per heavy atom. The molecule has 0 rings (SSSR count). The SMILES string of the molecule is CC(C)CCC(O)(C=O)[C@@H](N)CC(C)C. The molecule has 0 aliphatic heterocycles. The van der Waals surface area contributed by atoms with Crippen molar-refractivity contribution in [2.45, 2.75) is 58.6 Å². The molecule has 0 radical (unpaired) electrons. The first kappa shape index (κ1) is 14.6. The molecule has 1 unspecified atom stereocenters. The van der Waals surface area contributed by atoms with Crippen molar-refractivity contribution < 1.29 is 9.90 Å². The summed E-state index contributed by atoms with van der Waals surface area (Å²) in [6.45, 7) is 8.21. The Morgan fingerprint density at radius 1 is 1.27 bits per heavy atom. The van der Waals surface area contributed by atoms with E-state index in [1.54, 1.807) is 0 Å². The lowest BCUT2D eigenvalue weighted by Gasteiger charge is -2.30. The quantitative estimate of drug-likeness (QED) is 0.636. The predicted octanol–water partition coefficient (Wildman–Crippen LogP) is 1.73. The van der Waals surface area contributed by atoms with E-state index in [1.165, 1.54) is 0 Å². The number of nitrogens with two attached hydrogens (primary N) is 1. The van der Waals surface area contributed by atoms with Crippen LogP contribution in [-0.2, 0) is 4.79 Å². The fourth-order valence-corrected chi connectivity index (χ4v) is 1.56. The largest absolute Gasteiger partial charge is 0.381 e. The smallest absolute Gasteiger partial charge is 0.153 e. The van der Waals surface area contributed by atoms with Crippen LogP contribution in [0.3, 0.4) is 0 Å². The summed E-state index contributed by atoms with van der Waals surface area (Å²) in [5.41, 5.74) is 4.53. The number of carbonyl (C=O) groups is 1. The molecule has 0 bridgehead atoms. The third kappa shape index (κ3) is 5.28. The van der Waals surface area contributed by atoms with Crippen LogP contribution in [-0.4, -0.2) is 23.0 Å². The summed E-state index contributed by atoms with van der Waals surface area (Å²) in [6, 6.07) is -0.450. The number of aliphatic hydroxyl groups is 1. The highest BCUT2D eigenvalue weighted by Crippen LogP contribution is 2.21. The lowest BCUT2D eigenvalue weighted by molar-refractivity contribution is -0.127. The topological polar surface area (TPSA) is 63.3 Å². The summed E-state index contributed by atoms with van der Waals surface area (Å²) in [5, 5.41) is 10.1. The molecule has 2 atom stereocenters. The highest BCUT2D eigenvalue weighted by atomic mass is 16.3. The van der Waals surface area contributed by atoms with Crippen LogP contribution in [0.1, 0.15) is 47.0 Å². The third-order valence-corrected chi connectivity index (χ3v) is 2.69. The summed E-state index contributed by atoms with van der Waals surface area (Å²) in [4.78, 5) is 10.9. The van der Waals surface area contributed by atoms with Crippen molar-refractivity contribution >= 4 is 6.29 Å². The van der Waals surface area contributed by atoms with E-state index in [9.17, 15) is 9.90 Å². The third-order valence-electron chi connectivity index (χ3n) is 2.69. The fraction of sp³-hybridized carbons (Fsp3) is 0.917. The van der Waals surface area contributed by atoms with E-state index in [1.807, 2.05) is 13.8 Å². The maximum Gasteiger partial charge on any atom is 0.153 e. The molecular formula is C12H25NO2. The van der Waals surface area contributed by atoms with Crippen LogP contribution in [0.2, 0.25) is 0 Å². The Bertz CT molecular complexity index is 192. The van der Waals surface area contributed by atoms with Crippen molar-refractivity contribution in [2.75, 3.05) is 0 Å². The molecular weight excluding hydrogens is 190 g/mol. The van der Waals surface area contributed by atoms with Gasteiger partial charge in [-0.3, -0.25) is 0 Å². The first-order valence-corrected chi connectivity index (χ1v) is 5.76. The van der Waals surface area contributed by atoms with Crippen molar-refractivity contribution in [1.29, 1.82) is 0 Å². The second-order valence-corrected chi connectivity index (χ2v) is 5.28. The second-order valence-electron chi connectivity index (χ2n) is 5.28. The molecule has 3 heteroatoms. The van der Waals surface area contributed by atoms with Gasteiger partial charge in [-0.25, -0.2) is 0 Å². The van der Waals surface area contributed by atoms with E-state index in [0.717, 1.165) is 6.42 Å². The average molecular weight is 215 g/mol. The molecule has 0 amide bonds. The molecule has 0 saturated heterocycles. The first-order valence-electron chi connectivity index (χ1n) is 5.76. The van der Waals surface area contributed by atoms with Crippen LogP contribution in [0, 0.1) is 11.8 Å². The average Bonchev–Trinajstić information content (AvgIpc) is 2.13. The van der Waals surface area contributed by atoms with Crippen molar-refractivity contribution in [1.82, 2.24) is 0 Å². The van der Waals surface area contributed by atoms with E-state index in [0.29, 0.717) is 31.0 Å². The van der Waals surface area contributed by atoms with Gasteiger partial charge in [0.2, 0.25) is 0 Å². The molecule has 0 aromatic rings. The number of carbonyl (C=O) groups excluding carboxylic acids is 1. The van der Waals surface area contributed by atoms with E-state index in [-0.39, 0.29) is 0 Å². The zero-order valence-corrected chi connectivity index (χ0v) is 10.4. The Kier molecular flexibility index (Phi) is 6.06. The summed E-state index contributed by atoms with van der Waals surface area (Å²) < 4.78 is 0. The molecule has 0 aliphatic rings. The number of aldehydes is 1. The van der Waals surface area contributed by atoms with Gasteiger partial charge >= 0.3 is 0 Å². The van der Waals surface area contributed by atoms with Gasteiger partial charge in [0.15, 0.2) is 6.29 Å². The van der Waals surface area contributed by atoms with Crippen molar-refractivity contribution in [2.24, 2.45) is 17.6 Å². The Balaban J connectivity index is 4.33. The molecule has 90 valence electrons. The van der Waals surface area contributed by atoms with E-state index in [2.05, 4.69) is 13.8 Å². The van der Waals surface area contributed by atoms with Crippen molar-refractivity contribution in [3.05, 3.63) is 0 Å². The van der Waals surface area contributed by atoms with Gasteiger partial charge in [0.05, 0.1) is 0 Å². The highest BCUT2D eigenvalue weighted by Gasteiger charge is 2.33. The molecule has 15 heavy (non-hydrogen) atoms. The van der Waals surface area contributed by atoms with Crippen LogP contribution < -0.4 is 5.73 Å². The monoisotopic (exact) mass is 215 g/mol. The molecule has 3 N–H and O–H groups in total. The van der Waals surface area contributed by atoms with Crippen LogP contribution in [0.5, 0.6) is 0 Å². The minimum atomic E-state index is -1.34. The van der Waals surface area contributed by atoms with Gasteiger partial charge in [-0.2, -0.15) is 0 Å². The predicted molar refractivity (Wildman–Crippen MR) is 62.5 cm³/mol. The van der Waals surface area contributed by atoms with E-state index < -0.39 is 11.6 Å². The Morgan fingerprint density at radius 3 is 2.13 bits per heavy atom. The van der Waals surface area contributed by atoms with Gasteiger partial charge in [-0.1, -0.05) is 27.7 Å². The maximum atomic E-state index is 10.9. The lowest BCUT2D eigenvalue weighted by Crippen LogP contribution is -2.50. The zero-order chi connectivity index (χ0) is 12.1. The van der Waals surface area contributed by atoms with Crippen LogP contribution >= 0.6 is 0 Å². The summed E-state index contributed by atoms with van der Waals surface area (Å²) in [5.74, 6) is 0.869. The fourth-order valence-electron chi connectivity index (χ4n) is 1.56. The second kappa shape index (κ2) is 6.23. The molecule has 0 heterocycles. The minimum absolute atomic E-state index is 0.394. The van der Waals surface area contributed by atoms with Crippen molar-refractivity contribution in [3.63, 3.8) is 0 Å². The van der Waals surface area contributed by atoms with Gasteiger partial charge in [0.1, 0.15) is 5.60 Å². The van der Waals surface area contributed by atoms with Crippen LogP contribution in [0.15, 0.2) is 0 Å². The lowest BCUT2D eigenvalue weighted by atomic mass is 9.84. The molecule has 0 fully saturated rings. The summed E-state index contributed by atoms with van der Waals surface area (Å²) >= 11 is 0. The van der Waals surface area contributed by atoms with Gasteiger partial charge in [0, 0.05) is 6.04 Å². The number of hydrogen-bond acceptors (Lipinski definition) is 3. The minimum Gasteiger partial charge on any atom is -0.381 e. The van der Waals surface area contributed by atoms with Crippen LogP contribution in [0.4, 0.5) is 0 Å². The van der Waals surface area contributed by atoms with Gasteiger partial charge in [-0.15, -0.1) is 0 Å². The first-order chi connectivity index (χ1) is 6.81. The van der Waals surface area contributed by atoms with E-state index in [4.69, 9.17) is 5.73 Å². The van der Waals surface area contributed by atoms with Gasteiger partial charge in [-0.05, 0) is 31.1 Å². The molecule has 0 aromatic heterocycles. The molecule has 0 aromatic carbocycles. The van der Waals surface area contributed by atoms with Gasteiger partial charge in [0.25, 0.3) is 0 Å². The van der Waals surface area contributed by atoms with E-state index >= 15 is 0 Å². The molecule has 3 nitrogen and oxygen atoms in total. The molecule has 0 aliphatic carbocycles. The normalized spacial score (nSPS) is 17.9. The Hall–Kier alpha value is -0.410. The summed E-state index contributed by atoms with van der Waals surface area (Å²) in [7, 11) is 0. The summed E-state index contributed by atoms with van der Waals surface area (Å²) in [6.07, 6.45) is 2.57. The number of rotatable bonds is 7. The Labute approximate surface area is 93.0 Å². The number of hydrogen-bond donors (Lipinski definition) is 2. The standard InChI is InChI=1S/C12H25NO2/c1-9(2)5-6-12(15,8-14)11(13)7-10(3)4/h8-11,15H,5-7,13H2,1-4H3/t11-,12?/m0/s1.